The van der Waals surface area contributed by atoms with E-state index < -0.39 is 18.2 Å². The van der Waals surface area contributed by atoms with Gasteiger partial charge in [0.15, 0.2) is 0 Å². The van der Waals surface area contributed by atoms with Gasteiger partial charge in [-0.3, -0.25) is 9.59 Å². The minimum atomic E-state index is -1.34. The maximum absolute atomic E-state index is 11.7. The molecule has 158 valence electrons. The average Bonchev–Trinajstić information content (AvgIpc) is 2.67. The van der Waals surface area contributed by atoms with Gasteiger partial charge < -0.3 is 35.8 Å². The van der Waals surface area contributed by atoms with Crippen molar-refractivity contribution in [2.45, 2.75) is 26.7 Å². The van der Waals surface area contributed by atoms with Gasteiger partial charge >= 0.3 is 18.2 Å². The quantitative estimate of drug-likeness (QED) is 0.367. The molecule has 4 amide bonds. The Hall–Kier alpha value is -3.83. The van der Waals surface area contributed by atoms with E-state index in [0.717, 1.165) is 18.2 Å². The number of rotatable bonds is 9. The fraction of sp³-hybridized carbons (Fsp3) is 0.353. The average molecular weight is 410 g/mol. The van der Waals surface area contributed by atoms with Crippen LogP contribution in [0.3, 0.4) is 0 Å². The summed E-state index contributed by atoms with van der Waals surface area (Å²) in [5.74, 6) is -2.31. The summed E-state index contributed by atoms with van der Waals surface area (Å²) in [4.78, 5) is 56.9. The topological polar surface area (TPSA) is 172 Å². The molecule has 0 heterocycles. The maximum Gasteiger partial charge on any atom is 0.413 e. The molecule has 12 nitrogen and oxygen atoms in total. The second-order valence-electron chi connectivity index (χ2n) is 5.39. The van der Waals surface area contributed by atoms with E-state index in [1.54, 1.807) is 13.8 Å². The summed E-state index contributed by atoms with van der Waals surface area (Å²) in [5.41, 5.74) is -0.295. The van der Waals surface area contributed by atoms with Crippen LogP contribution in [-0.2, 0) is 9.59 Å². The van der Waals surface area contributed by atoms with Gasteiger partial charge in [0.25, 0.3) is 0 Å². The van der Waals surface area contributed by atoms with Crippen LogP contribution in [0.5, 0.6) is 11.5 Å². The molecule has 0 aliphatic heterocycles. The Bertz CT molecular complexity index is 726. The van der Waals surface area contributed by atoms with Crippen molar-refractivity contribution in [1.82, 2.24) is 21.3 Å². The zero-order valence-electron chi connectivity index (χ0n) is 15.9. The summed E-state index contributed by atoms with van der Waals surface area (Å²) in [6, 6.07) is 3.23. The number of benzene rings is 1. The summed E-state index contributed by atoms with van der Waals surface area (Å²) >= 11 is 0. The van der Waals surface area contributed by atoms with E-state index in [1.165, 1.54) is 0 Å². The molecule has 1 aromatic rings. The van der Waals surface area contributed by atoms with Crippen LogP contribution in [0, 0.1) is 0 Å². The van der Waals surface area contributed by atoms with Gasteiger partial charge in [-0.15, -0.1) is 0 Å². The SMILES string of the molecule is CCC(=O)NCNC(=O)Oc1cc(OC(=O)NCNC(=O)CC)cc(C(=O)O)c1. The number of carbonyl (C=O) groups is 5. The third kappa shape index (κ3) is 9.08. The smallest absolute Gasteiger partial charge is 0.413 e. The van der Waals surface area contributed by atoms with Crippen molar-refractivity contribution in [3.8, 4) is 11.5 Å². The van der Waals surface area contributed by atoms with E-state index in [-0.39, 0.29) is 55.1 Å². The van der Waals surface area contributed by atoms with Crippen LogP contribution in [-0.4, -0.2) is 48.4 Å². The molecule has 0 aliphatic rings. The van der Waals surface area contributed by atoms with Crippen LogP contribution in [0.2, 0.25) is 0 Å². The van der Waals surface area contributed by atoms with Crippen molar-refractivity contribution >= 4 is 30.0 Å². The lowest BCUT2D eigenvalue weighted by Crippen LogP contribution is -2.38. The maximum atomic E-state index is 11.7. The van der Waals surface area contributed by atoms with Crippen LogP contribution in [0.4, 0.5) is 9.59 Å². The summed E-state index contributed by atoms with van der Waals surface area (Å²) in [5, 5.41) is 18.4. The summed E-state index contributed by atoms with van der Waals surface area (Å²) < 4.78 is 9.87. The predicted molar refractivity (Wildman–Crippen MR) is 98.3 cm³/mol. The lowest BCUT2D eigenvalue weighted by molar-refractivity contribution is -0.121. The molecule has 0 saturated heterocycles. The number of carboxylic acids is 1. The first-order valence-electron chi connectivity index (χ1n) is 8.58. The molecule has 0 atom stereocenters. The number of carbonyl (C=O) groups excluding carboxylic acids is 4. The Morgan fingerprint density at radius 3 is 1.52 bits per heavy atom. The number of aromatic carboxylic acids is 1. The van der Waals surface area contributed by atoms with Crippen LogP contribution < -0.4 is 30.7 Å². The Kier molecular flexibility index (Phi) is 9.44. The van der Waals surface area contributed by atoms with E-state index in [1.807, 2.05) is 0 Å². The summed E-state index contributed by atoms with van der Waals surface area (Å²) in [6.07, 6.45) is -1.44. The Labute approximate surface area is 165 Å². The zero-order valence-corrected chi connectivity index (χ0v) is 15.9. The molecule has 5 N–H and O–H groups in total. The van der Waals surface area contributed by atoms with E-state index in [2.05, 4.69) is 21.3 Å². The first-order valence-corrected chi connectivity index (χ1v) is 8.58. The zero-order chi connectivity index (χ0) is 21.8. The minimum absolute atomic E-state index is 0.181. The lowest BCUT2D eigenvalue weighted by Gasteiger charge is -2.11. The van der Waals surface area contributed by atoms with Crippen molar-refractivity contribution in [3.63, 3.8) is 0 Å². The molecule has 0 fully saturated rings. The van der Waals surface area contributed by atoms with Crippen LogP contribution in [0.25, 0.3) is 0 Å². The molecule has 0 aliphatic carbocycles. The number of nitrogens with one attached hydrogen (secondary N) is 4. The molecule has 29 heavy (non-hydrogen) atoms. The lowest BCUT2D eigenvalue weighted by atomic mass is 10.2. The number of hydrogen-bond acceptors (Lipinski definition) is 7. The Morgan fingerprint density at radius 1 is 0.759 bits per heavy atom. The fourth-order valence-electron chi connectivity index (χ4n) is 1.78. The molecule has 0 saturated carbocycles. The number of amides is 4. The van der Waals surface area contributed by atoms with Gasteiger partial charge in [0, 0.05) is 18.9 Å². The molecule has 0 bridgehead atoms. The van der Waals surface area contributed by atoms with Crippen LogP contribution in [0.15, 0.2) is 18.2 Å². The van der Waals surface area contributed by atoms with Gasteiger partial charge in [-0.05, 0) is 12.1 Å². The van der Waals surface area contributed by atoms with E-state index in [0.29, 0.717) is 0 Å². The van der Waals surface area contributed by atoms with E-state index in [4.69, 9.17) is 14.6 Å². The highest BCUT2D eigenvalue weighted by Crippen LogP contribution is 2.23. The molecule has 1 aromatic carbocycles. The normalized spacial score (nSPS) is 9.72. The Balaban J connectivity index is 2.72. The van der Waals surface area contributed by atoms with Crippen molar-refractivity contribution in [2.75, 3.05) is 13.3 Å². The second kappa shape index (κ2) is 11.8. The molecule has 0 radical (unpaired) electrons. The molecular formula is C17H22N4O8. The van der Waals surface area contributed by atoms with Gasteiger partial charge in [0.05, 0.1) is 18.9 Å². The molecule has 0 unspecified atom stereocenters. The van der Waals surface area contributed by atoms with Crippen molar-refractivity contribution < 1.29 is 38.6 Å². The fourth-order valence-corrected chi connectivity index (χ4v) is 1.78. The number of carboxylic acid groups (broad SMARTS) is 1. The molecular weight excluding hydrogens is 388 g/mol. The molecule has 12 heteroatoms. The highest BCUT2D eigenvalue weighted by Gasteiger charge is 2.14. The summed E-state index contributed by atoms with van der Waals surface area (Å²) in [7, 11) is 0. The van der Waals surface area contributed by atoms with Gasteiger partial charge in [0.2, 0.25) is 11.8 Å². The molecule has 0 spiro atoms. The minimum Gasteiger partial charge on any atom is -0.478 e. The van der Waals surface area contributed by atoms with E-state index in [9.17, 15) is 24.0 Å². The van der Waals surface area contributed by atoms with Gasteiger partial charge in [0.1, 0.15) is 11.5 Å². The number of hydrogen-bond donors (Lipinski definition) is 5. The van der Waals surface area contributed by atoms with Gasteiger partial charge in [-0.25, -0.2) is 14.4 Å². The van der Waals surface area contributed by atoms with Gasteiger partial charge in [-0.2, -0.15) is 0 Å². The third-order valence-electron chi connectivity index (χ3n) is 3.23. The van der Waals surface area contributed by atoms with Gasteiger partial charge in [-0.1, -0.05) is 13.8 Å². The molecule has 0 aromatic heterocycles. The monoisotopic (exact) mass is 410 g/mol. The largest absolute Gasteiger partial charge is 0.478 e. The van der Waals surface area contributed by atoms with Crippen LogP contribution >= 0.6 is 0 Å². The Morgan fingerprint density at radius 2 is 1.17 bits per heavy atom. The number of ether oxygens (including phenoxy) is 2. The highest BCUT2D eigenvalue weighted by atomic mass is 16.6. The van der Waals surface area contributed by atoms with Crippen molar-refractivity contribution in [2.24, 2.45) is 0 Å². The molecule has 1 rings (SSSR count). The highest BCUT2D eigenvalue weighted by molar-refractivity contribution is 5.89. The first kappa shape index (κ1) is 23.2. The van der Waals surface area contributed by atoms with Crippen LogP contribution in [0.1, 0.15) is 37.0 Å². The first-order chi connectivity index (χ1) is 13.7. The summed E-state index contributed by atoms with van der Waals surface area (Å²) in [6.45, 7) is 2.92. The standard InChI is InChI=1S/C17H22N4O8/c1-3-13(22)18-8-20-16(26)28-11-5-10(15(24)25)6-12(7-11)29-17(27)21-9-19-14(23)4-2/h5-7H,3-4,8-9H2,1-2H3,(H,18,22)(H,19,23)(H,20,26)(H,21,27)(H,24,25). The predicted octanol–water partition coefficient (Wildman–Crippen LogP) is 0.529. The van der Waals surface area contributed by atoms with E-state index >= 15 is 0 Å². The van der Waals surface area contributed by atoms with Crippen molar-refractivity contribution in [3.05, 3.63) is 23.8 Å². The van der Waals surface area contributed by atoms with Crippen molar-refractivity contribution in [1.29, 1.82) is 0 Å². The second-order valence-corrected chi connectivity index (χ2v) is 5.39. The third-order valence-corrected chi connectivity index (χ3v) is 3.23.